The fourth-order valence-electron chi connectivity index (χ4n) is 11.2. The Morgan fingerprint density at radius 3 is 1.17 bits per heavy atom. The van der Waals surface area contributed by atoms with E-state index < -0.39 is 0 Å². The van der Waals surface area contributed by atoms with E-state index in [-0.39, 0.29) is 30.7 Å². The van der Waals surface area contributed by atoms with Crippen molar-refractivity contribution in [3.63, 3.8) is 0 Å². The van der Waals surface area contributed by atoms with Crippen LogP contribution in [0.3, 0.4) is 0 Å². The summed E-state index contributed by atoms with van der Waals surface area (Å²) in [5.41, 5.74) is 10.0. The van der Waals surface area contributed by atoms with Crippen LogP contribution in [0, 0.1) is 53.1 Å². The third-order valence-corrected chi connectivity index (χ3v) is 17.4. The van der Waals surface area contributed by atoms with E-state index in [2.05, 4.69) is 100 Å². The molecule has 0 atom stereocenters. The number of para-hydroxylation sites is 4. The Kier molecular flexibility index (Phi) is 27.5. The molecule has 1 radical (unpaired) electrons. The molecule has 4 heterocycles. The molecule has 109 heavy (non-hydrogen) atoms. The topological polar surface area (TPSA) is 97.3 Å². The van der Waals surface area contributed by atoms with E-state index in [1.807, 2.05) is 220 Å². The van der Waals surface area contributed by atoms with Gasteiger partial charge in [-0.1, -0.05) is 86.3 Å². The molecule has 16 rings (SSSR count). The number of aromatic nitrogens is 4. The Morgan fingerprint density at radius 1 is 0.431 bits per heavy atom. The van der Waals surface area contributed by atoms with Gasteiger partial charge in [-0.3, -0.25) is 0 Å². The monoisotopic (exact) mass is 1630 g/mol. The Bertz CT molecular complexity index is 5910. The summed E-state index contributed by atoms with van der Waals surface area (Å²) >= 11 is 8.98. The maximum Gasteiger partial charge on any atom is 0.211 e. The number of hydrogen-bond donors (Lipinski definition) is 2. The number of benzene rings is 12. The van der Waals surface area contributed by atoms with Crippen LogP contribution in [0.1, 0.15) is 13.0 Å². The average molecular weight is 1630 g/mol. The molecule has 13 nitrogen and oxygen atoms in total. The van der Waals surface area contributed by atoms with Crippen LogP contribution in [-0.2, 0) is 6.42 Å². The fraction of sp³-hybridized carbons (Fsp3) is 0.0227. The van der Waals surface area contributed by atoms with E-state index in [0.29, 0.717) is 63.0 Å². The Hall–Kier alpha value is -13.2. The number of ether oxygens (including phenoxy) is 4. The molecule has 0 amide bonds. The van der Waals surface area contributed by atoms with Crippen molar-refractivity contribution in [2.45, 2.75) is 13.8 Å². The largest absolute Gasteiger partial charge is 0.457 e. The van der Waals surface area contributed by atoms with Crippen molar-refractivity contribution < 1.29 is 36.5 Å². The van der Waals surface area contributed by atoms with Crippen LogP contribution in [0.15, 0.2) is 325 Å². The van der Waals surface area contributed by atoms with Crippen molar-refractivity contribution in [3.8, 4) is 63.1 Å². The second-order valence-electron chi connectivity index (χ2n) is 23.1. The second kappa shape index (κ2) is 38.2. The maximum absolute atomic E-state index is 13.0. The quantitative estimate of drug-likeness (QED) is 0.0300. The molecular formula is C88H61BBrF4IN9O4S. The summed E-state index contributed by atoms with van der Waals surface area (Å²) in [6.45, 7) is 33.0. The molecule has 1 N–H and O–H groups in total. The van der Waals surface area contributed by atoms with Gasteiger partial charge < -0.3 is 37.6 Å². The number of thiol groups is 1. The SMILES string of the molecule is C.Fc1ccc(Oc2ccc(I)cc2)cc1.[B]=NS.[C-]#[N+]c1cccc2c(Br)cn(-c3ccc(Oc4ccc(F)cc4)cc3)c12.[C-]#[N+]c1cccc2c(CC=C)cn(-c3ccc(Oc4ccc(F)cc4)cc3)c12.[C-]#[N+]c1cccc2cc[nH]c12.[C-]#[N+]c1cccc2ccn(-c3ccc(Oc4ccc(F)cc4)cc3)c12. The van der Waals surface area contributed by atoms with Crippen LogP contribution in [0.4, 0.5) is 40.3 Å². The minimum Gasteiger partial charge on any atom is -0.457 e. The van der Waals surface area contributed by atoms with Gasteiger partial charge in [0.2, 0.25) is 22.7 Å². The van der Waals surface area contributed by atoms with Crippen molar-refractivity contribution in [3.05, 3.63) is 399 Å². The van der Waals surface area contributed by atoms with Gasteiger partial charge in [0.05, 0.1) is 48.4 Å². The summed E-state index contributed by atoms with van der Waals surface area (Å²) in [6, 6.07) is 80.8. The normalized spacial score (nSPS) is 10.1. The summed E-state index contributed by atoms with van der Waals surface area (Å²) in [5, 5.41) is 4.17. The number of H-pyrrole nitrogens is 1. The van der Waals surface area contributed by atoms with Gasteiger partial charge in [0.1, 0.15) is 69.3 Å². The first kappa shape index (κ1) is 78.4. The molecule has 0 spiro atoms. The molecular weight excluding hydrogens is 1570 g/mol. The molecule has 0 aliphatic heterocycles. The summed E-state index contributed by atoms with van der Waals surface area (Å²) < 4.78 is 85.1. The van der Waals surface area contributed by atoms with Gasteiger partial charge in [0, 0.05) is 55.3 Å². The number of hydrogen-bond acceptors (Lipinski definition) is 6. The zero-order valence-corrected chi connectivity index (χ0v) is 61.5. The van der Waals surface area contributed by atoms with E-state index in [9.17, 15) is 17.6 Å². The van der Waals surface area contributed by atoms with Crippen LogP contribution in [-0.4, -0.2) is 26.3 Å². The molecule has 21 heteroatoms. The van der Waals surface area contributed by atoms with Crippen LogP contribution in [0.25, 0.3) is 80.1 Å². The summed E-state index contributed by atoms with van der Waals surface area (Å²) in [4.78, 5) is 17.3. The summed E-state index contributed by atoms with van der Waals surface area (Å²) in [6.07, 6.45) is 10.4. The van der Waals surface area contributed by atoms with Gasteiger partial charge in [-0.05, 0) is 273 Å². The van der Waals surface area contributed by atoms with E-state index in [1.165, 1.54) is 48.5 Å². The molecule has 0 aliphatic rings. The molecule has 0 unspecified atom stereocenters. The van der Waals surface area contributed by atoms with Crippen molar-refractivity contribution in [1.82, 2.24) is 18.7 Å². The van der Waals surface area contributed by atoms with Gasteiger partial charge in [-0.2, -0.15) is 0 Å². The molecule has 0 fully saturated rings. The number of rotatable bonds is 13. The van der Waals surface area contributed by atoms with Crippen molar-refractivity contribution >= 4 is 125 Å². The van der Waals surface area contributed by atoms with E-state index >= 15 is 0 Å². The number of aromatic amines is 1. The zero-order chi connectivity index (χ0) is 75.9. The minimum atomic E-state index is -0.298. The zero-order valence-electron chi connectivity index (χ0n) is 56.9. The Labute approximate surface area is 656 Å². The van der Waals surface area contributed by atoms with Crippen molar-refractivity contribution in [2.75, 3.05) is 0 Å². The molecule has 0 bridgehead atoms. The van der Waals surface area contributed by atoms with Gasteiger partial charge >= 0.3 is 24.8 Å². The van der Waals surface area contributed by atoms with Crippen LogP contribution in [0.5, 0.6) is 46.0 Å². The Balaban J connectivity index is 0.000000148. The second-order valence-corrected chi connectivity index (χ2v) is 25.4. The van der Waals surface area contributed by atoms with Crippen LogP contribution in [0.2, 0.25) is 0 Å². The smallest absolute Gasteiger partial charge is 0.211 e. The number of allylic oxidation sites excluding steroid dienone is 1. The molecule has 0 saturated carbocycles. The minimum absolute atomic E-state index is 0. The standard InChI is InChI=1S/C24H17FN2O.C21H12BrFN2O.C21H13FN2O.C12H8FIO.C9H6N2.CH4.BHNS/c1-3-5-17-16-27(24-22(17)6-4-7-23(24)26-2)19-10-14-21(15-11-19)28-20-12-8-18(25)9-13-20;1-24-20-4-2-3-18-19(22)13-25(21(18)20)15-7-11-17(12-8-15)26-16-9-5-14(23)6-10-16;1-23-20-4-2-3-15-13-14-24(21(15)20)17-7-11-19(12-8-17)25-18-9-5-16(22)6-10-18;13-9-1-5-11(6-2-9)15-12-7-3-10(14)4-8-12;1-10-8-4-2-3-7-5-6-11-9(7)8;;1-2-3/h3-4,6-16H,1,5H2;2-13H;2-14H;1-8H;2-6,11H;1H4;3H. The molecule has 533 valence electrons. The van der Waals surface area contributed by atoms with Gasteiger partial charge in [-0.15, -0.1) is 6.58 Å². The first-order valence-electron chi connectivity index (χ1n) is 32.7. The third-order valence-electron chi connectivity index (χ3n) is 16.1. The fourth-order valence-corrected chi connectivity index (χ4v) is 12.1. The first-order valence-corrected chi connectivity index (χ1v) is 35.0. The molecule has 16 aromatic rings. The number of halogens is 6. The van der Waals surface area contributed by atoms with Crippen LogP contribution < -0.4 is 18.9 Å². The van der Waals surface area contributed by atoms with Crippen molar-refractivity contribution in [1.29, 1.82) is 0 Å². The molecule has 12 aromatic carbocycles. The maximum atomic E-state index is 13.0. The predicted molar refractivity (Wildman–Crippen MR) is 444 cm³/mol. The summed E-state index contributed by atoms with van der Waals surface area (Å²) in [7, 11) is 4.34. The van der Waals surface area contributed by atoms with Gasteiger partial charge in [0.15, 0.2) is 0 Å². The van der Waals surface area contributed by atoms with E-state index in [4.69, 9.17) is 45.2 Å². The van der Waals surface area contributed by atoms with Gasteiger partial charge in [-0.25, -0.2) is 36.9 Å². The number of fused-ring (bicyclic) bond motifs is 4. The Morgan fingerprint density at radius 2 is 0.761 bits per heavy atom. The van der Waals surface area contributed by atoms with Crippen LogP contribution >= 0.6 is 51.3 Å². The number of nitrogens with one attached hydrogen (secondary N) is 1. The molecule has 0 aliphatic carbocycles. The summed E-state index contributed by atoms with van der Waals surface area (Å²) in [5.74, 6) is 3.94. The molecule has 4 aromatic heterocycles. The predicted octanol–water partition coefficient (Wildman–Crippen LogP) is 27.6. The van der Waals surface area contributed by atoms with E-state index in [0.717, 1.165) is 86.5 Å². The molecule has 0 saturated heterocycles. The van der Waals surface area contributed by atoms with E-state index in [1.54, 1.807) is 48.5 Å². The van der Waals surface area contributed by atoms with Crippen molar-refractivity contribution in [2.24, 2.45) is 4.30 Å². The third kappa shape index (κ3) is 20.3. The van der Waals surface area contributed by atoms with Gasteiger partial charge in [0.25, 0.3) is 0 Å². The number of nitrogens with zero attached hydrogens (tertiary/aromatic N) is 8. The first-order chi connectivity index (χ1) is 52.7. The average Bonchev–Trinajstić information content (AvgIpc) is 1.64.